The number of benzene rings is 3. The first-order chi connectivity index (χ1) is 16.9. The highest BCUT2D eigenvalue weighted by atomic mass is 35.5. The summed E-state index contributed by atoms with van der Waals surface area (Å²) in [7, 11) is 0. The van der Waals surface area contributed by atoms with Gasteiger partial charge in [-0.2, -0.15) is 0 Å². The third kappa shape index (κ3) is 6.57. The molecule has 1 aliphatic rings. The summed E-state index contributed by atoms with van der Waals surface area (Å²) in [6.45, 7) is 6.33. The molecule has 0 unspecified atom stereocenters. The molecule has 1 heterocycles. The van der Waals surface area contributed by atoms with Crippen LogP contribution >= 0.6 is 35.0 Å². The van der Waals surface area contributed by atoms with Crippen molar-refractivity contribution in [1.82, 2.24) is 5.32 Å². The van der Waals surface area contributed by atoms with Crippen molar-refractivity contribution in [2.45, 2.75) is 26.4 Å². The Kier molecular flexibility index (Phi) is 8.34. The second kappa shape index (κ2) is 11.6. The molecule has 7 heteroatoms. The summed E-state index contributed by atoms with van der Waals surface area (Å²) in [6, 6.07) is 19.3. The van der Waals surface area contributed by atoms with E-state index in [1.807, 2.05) is 60.7 Å². The van der Waals surface area contributed by atoms with E-state index >= 15 is 0 Å². The number of carbonyl (C=O) groups excluding carboxylic acids is 1. The molecule has 0 radical (unpaired) electrons. The largest absolute Gasteiger partial charge is 0.489 e. The van der Waals surface area contributed by atoms with Gasteiger partial charge in [0.2, 0.25) is 0 Å². The van der Waals surface area contributed by atoms with Crippen molar-refractivity contribution >= 4 is 57.8 Å². The second-order valence-corrected chi connectivity index (χ2v) is 9.74. The van der Waals surface area contributed by atoms with Crippen LogP contribution in [0.25, 0.3) is 6.08 Å². The van der Waals surface area contributed by atoms with Crippen molar-refractivity contribution < 1.29 is 9.53 Å². The van der Waals surface area contributed by atoms with Crippen LogP contribution in [-0.4, -0.2) is 11.1 Å². The molecule has 0 atom stereocenters. The lowest BCUT2D eigenvalue weighted by molar-refractivity contribution is -0.115. The topological polar surface area (TPSA) is 50.7 Å². The predicted molar refractivity (Wildman–Crippen MR) is 148 cm³/mol. The molecule has 3 aromatic rings. The van der Waals surface area contributed by atoms with Gasteiger partial charge in [0.25, 0.3) is 5.91 Å². The van der Waals surface area contributed by atoms with Gasteiger partial charge in [-0.1, -0.05) is 60.5 Å². The molecule has 178 valence electrons. The summed E-state index contributed by atoms with van der Waals surface area (Å²) in [5.74, 6) is 0.587. The van der Waals surface area contributed by atoms with E-state index in [1.54, 1.807) is 12.1 Å². The molecule has 3 aromatic carbocycles. The van der Waals surface area contributed by atoms with Gasteiger partial charge >= 0.3 is 0 Å². The Morgan fingerprint density at radius 2 is 1.80 bits per heavy atom. The minimum Gasteiger partial charge on any atom is -0.489 e. The Morgan fingerprint density at radius 1 is 1.03 bits per heavy atom. The van der Waals surface area contributed by atoms with E-state index in [-0.39, 0.29) is 5.91 Å². The average molecular weight is 523 g/mol. The molecular weight excluding hydrogens is 499 g/mol. The van der Waals surface area contributed by atoms with Crippen LogP contribution in [0.5, 0.6) is 5.75 Å². The maximum absolute atomic E-state index is 12.5. The van der Waals surface area contributed by atoms with Crippen LogP contribution in [0.1, 0.15) is 29.2 Å². The molecule has 35 heavy (non-hydrogen) atoms. The quantitative estimate of drug-likeness (QED) is 0.243. The van der Waals surface area contributed by atoms with Crippen LogP contribution in [0.3, 0.4) is 0 Å². The van der Waals surface area contributed by atoms with Crippen LogP contribution in [0.2, 0.25) is 10.0 Å². The van der Waals surface area contributed by atoms with Gasteiger partial charge in [0.1, 0.15) is 12.4 Å². The fourth-order valence-electron chi connectivity index (χ4n) is 3.49. The second-order valence-electron chi connectivity index (χ2n) is 7.90. The van der Waals surface area contributed by atoms with E-state index in [0.29, 0.717) is 33.1 Å². The number of aryl methyl sites for hydroxylation is 1. The number of aliphatic imine (C=N–C) groups is 1. The zero-order chi connectivity index (χ0) is 24.8. The standard InChI is InChI=1S/C28H24Cl2N2O2S/c1-3-5-21-14-19(9-13-25(21)34-17-20-8-12-23(29)24(30)15-20)16-26-27(33)32-28(35-26)31-22-10-6-18(4-2)7-11-22/h3,6-16H,1,4-5,17H2,2H3,(H,31,32,33)/b26-16-. The van der Waals surface area contributed by atoms with Gasteiger partial charge in [0.15, 0.2) is 5.17 Å². The van der Waals surface area contributed by atoms with Gasteiger partial charge < -0.3 is 10.1 Å². The Bertz CT molecular complexity index is 1320. The Labute approximate surface area is 219 Å². The summed E-state index contributed by atoms with van der Waals surface area (Å²) in [6.07, 6.45) is 5.29. The Hall–Kier alpha value is -2.99. The molecule has 1 fully saturated rings. The van der Waals surface area contributed by atoms with E-state index in [9.17, 15) is 4.79 Å². The maximum Gasteiger partial charge on any atom is 0.264 e. The van der Waals surface area contributed by atoms with Crippen molar-refractivity contribution in [2.24, 2.45) is 4.99 Å². The highest BCUT2D eigenvalue weighted by molar-refractivity contribution is 8.18. The highest BCUT2D eigenvalue weighted by Gasteiger charge is 2.24. The molecule has 0 aliphatic carbocycles. The fraction of sp³-hybridized carbons (Fsp3) is 0.143. The summed E-state index contributed by atoms with van der Waals surface area (Å²) in [5.41, 5.74) is 4.85. The lowest BCUT2D eigenvalue weighted by Crippen LogP contribution is -2.19. The zero-order valence-corrected chi connectivity index (χ0v) is 21.5. The molecule has 1 aliphatic heterocycles. The van der Waals surface area contributed by atoms with Crippen molar-refractivity contribution in [2.75, 3.05) is 0 Å². The van der Waals surface area contributed by atoms with E-state index in [2.05, 4.69) is 23.8 Å². The van der Waals surface area contributed by atoms with Crippen LogP contribution in [0, 0.1) is 0 Å². The molecule has 0 spiro atoms. The fourth-order valence-corrected chi connectivity index (χ4v) is 4.65. The number of carbonyl (C=O) groups is 1. The molecule has 4 rings (SSSR count). The first-order valence-corrected chi connectivity index (χ1v) is 12.7. The summed E-state index contributed by atoms with van der Waals surface area (Å²) in [5, 5.41) is 4.42. The summed E-state index contributed by atoms with van der Waals surface area (Å²) >= 11 is 13.4. The molecule has 0 aromatic heterocycles. The Morgan fingerprint density at radius 3 is 2.51 bits per heavy atom. The van der Waals surface area contributed by atoms with E-state index < -0.39 is 0 Å². The maximum atomic E-state index is 12.5. The molecule has 0 saturated carbocycles. The minimum absolute atomic E-state index is 0.163. The van der Waals surface area contributed by atoms with E-state index in [1.165, 1.54) is 17.3 Å². The lowest BCUT2D eigenvalue weighted by atomic mass is 10.1. The van der Waals surface area contributed by atoms with Crippen molar-refractivity contribution in [3.63, 3.8) is 0 Å². The smallest absolute Gasteiger partial charge is 0.264 e. The van der Waals surface area contributed by atoms with E-state index in [4.69, 9.17) is 27.9 Å². The number of nitrogens with one attached hydrogen (secondary N) is 1. The predicted octanol–water partition coefficient (Wildman–Crippen LogP) is 7.75. The lowest BCUT2D eigenvalue weighted by Gasteiger charge is -2.12. The van der Waals surface area contributed by atoms with Crippen LogP contribution in [0.15, 0.2) is 83.2 Å². The van der Waals surface area contributed by atoms with Crippen LogP contribution in [-0.2, 0) is 24.2 Å². The third-order valence-electron chi connectivity index (χ3n) is 5.35. The first-order valence-electron chi connectivity index (χ1n) is 11.1. The SMILES string of the molecule is C=CCc1cc(/C=C2\SC(=Nc3ccc(CC)cc3)NC2=O)ccc1OCc1ccc(Cl)c(Cl)c1. The van der Waals surface area contributed by atoms with Gasteiger partial charge in [-0.15, -0.1) is 6.58 Å². The average Bonchev–Trinajstić information content (AvgIpc) is 3.19. The number of thioether (sulfide) groups is 1. The number of amidine groups is 1. The van der Waals surface area contributed by atoms with Crippen molar-refractivity contribution in [1.29, 1.82) is 0 Å². The number of nitrogens with zero attached hydrogens (tertiary/aromatic N) is 1. The number of hydrogen-bond acceptors (Lipinski definition) is 4. The molecular formula is C28H24Cl2N2O2S. The van der Waals surface area contributed by atoms with Crippen molar-refractivity contribution in [3.8, 4) is 5.75 Å². The van der Waals surface area contributed by atoms with Gasteiger partial charge in [0.05, 0.1) is 20.6 Å². The molecule has 4 nitrogen and oxygen atoms in total. The van der Waals surface area contributed by atoms with Gasteiger partial charge in [0, 0.05) is 0 Å². The first kappa shape index (κ1) is 25.1. The number of allylic oxidation sites excluding steroid dienone is 1. The van der Waals surface area contributed by atoms with Gasteiger partial charge in [-0.25, -0.2) is 4.99 Å². The summed E-state index contributed by atoms with van der Waals surface area (Å²) in [4.78, 5) is 17.7. The number of rotatable bonds is 8. The molecule has 0 bridgehead atoms. The van der Waals surface area contributed by atoms with Crippen LogP contribution < -0.4 is 10.1 Å². The minimum atomic E-state index is -0.163. The third-order valence-corrected chi connectivity index (χ3v) is 7.00. The number of ether oxygens (including phenoxy) is 1. The Balaban J connectivity index is 1.49. The van der Waals surface area contributed by atoms with Gasteiger partial charge in [-0.3, -0.25) is 4.79 Å². The van der Waals surface area contributed by atoms with Crippen LogP contribution in [0.4, 0.5) is 5.69 Å². The number of amides is 1. The number of halogens is 2. The summed E-state index contributed by atoms with van der Waals surface area (Å²) < 4.78 is 6.04. The zero-order valence-electron chi connectivity index (χ0n) is 19.2. The van der Waals surface area contributed by atoms with E-state index in [0.717, 1.165) is 34.5 Å². The van der Waals surface area contributed by atoms with Gasteiger partial charge in [-0.05, 0) is 89.3 Å². The highest BCUT2D eigenvalue weighted by Crippen LogP contribution is 2.30. The number of hydrogen-bond donors (Lipinski definition) is 1. The molecule has 1 N–H and O–H groups in total. The molecule has 1 amide bonds. The molecule has 1 saturated heterocycles. The monoisotopic (exact) mass is 522 g/mol. The normalized spacial score (nSPS) is 15.5. The van der Waals surface area contributed by atoms with Crippen molar-refractivity contribution in [3.05, 3.63) is 111 Å².